The summed E-state index contributed by atoms with van der Waals surface area (Å²) >= 11 is 6.55. The molecular weight excluding hydrogens is 1030 g/mol. The van der Waals surface area contributed by atoms with E-state index in [0.717, 1.165) is 0 Å². The molecule has 21 nitrogen and oxygen atoms in total. The maximum Gasteiger partial charge on any atom is 0.265 e. The minimum atomic E-state index is -4.12. The highest BCUT2D eigenvalue weighted by Gasteiger charge is 2.49. The summed E-state index contributed by atoms with van der Waals surface area (Å²) in [7, 11) is -20.5. The first-order chi connectivity index (χ1) is 29.0. The molecule has 0 aromatic heterocycles. The quantitative estimate of drug-likeness (QED) is 0.0431. The van der Waals surface area contributed by atoms with Gasteiger partial charge in [-0.2, -0.15) is 101 Å². The molecule has 1 saturated heterocycles. The molecule has 1 rings (SSSR count). The third kappa shape index (κ3) is 37.1. The van der Waals surface area contributed by atoms with Crippen LogP contribution in [0.3, 0.4) is 0 Å². The van der Waals surface area contributed by atoms with Crippen LogP contribution >= 0.6 is 58.8 Å². The Kier molecular flexibility index (Phi) is 33.0. The predicted octanol–water partition coefficient (Wildman–Crippen LogP) is 1.96. The smallest absolute Gasteiger partial charge is 0.265 e. The lowest BCUT2D eigenvalue weighted by Gasteiger charge is -2.46. The van der Waals surface area contributed by atoms with Gasteiger partial charge in [-0.05, 0) is 60.9 Å². The van der Waals surface area contributed by atoms with Gasteiger partial charge in [0.25, 0.3) is 50.6 Å². The zero-order chi connectivity index (χ0) is 46.5. The van der Waals surface area contributed by atoms with Gasteiger partial charge in [0.1, 0.15) is 24.4 Å². The van der Waals surface area contributed by atoms with Crippen LogP contribution in [-0.2, 0) is 79.0 Å². The molecule has 31 heteroatoms. The SMILES string of the molecule is O=S(=O)(O)CCSCCCOC[C@H]1O[C@H](OCCCSCCS(=O)(=O)O)[C@H](OCCCSCCS(=O)(=O)O)[C@@H](OCCCSCCS(=O)(=O)O)[C@@H]1OCCCSCCS(=O)(=O)O. The number of thioether (sulfide) groups is 5. The summed E-state index contributed by atoms with van der Waals surface area (Å²) in [4.78, 5) is 0. The highest BCUT2D eigenvalue weighted by atomic mass is 32.2. The van der Waals surface area contributed by atoms with Gasteiger partial charge in [0.15, 0.2) is 6.29 Å². The Morgan fingerprint density at radius 3 is 1.00 bits per heavy atom. The molecule has 62 heavy (non-hydrogen) atoms. The molecule has 5 N–H and O–H groups in total. The first-order valence-electron chi connectivity index (χ1n) is 19.3. The first-order valence-corrected chi connectivity index (χ1v) is 33.1. The molecule has 0 aliphatic carbocycles. The highest BCUT2D eigenvalue weighted by molar-refractivity contribution is 8.01. The molecule has 0 aromatic rings. The molecule has 0 unspecified atom stereocenters. The van der Waals surface area contributed by atoms with Crippen molar-refractivity contribution in [1.29, 1.82) is 0 Å². The van der Waals surface area contributed by atoms with E-state index in [2.05, 4.69) is 0 Å². The Morgan fingerprint density at radius 2 is 0.661 bits per heavy atom. The molecule has 1 aliphatic heterocycles. The van der Waals surface area contributed by atoms with Crippen molar-refractivity contribution in [3.05, 3.63) is 0 Å². The summed E-state index contributed by atoms with van der Waals surface area (Å²) < 4.78 is 194. The Balaban J connectivity index is 3.24. The fraction of sp³-hybridized carbons (Fsp3) is 1.00. The van der Waals surface area contributed by atoms with Crippen LogP contribution in [0, 0.1) is 0 Å². The van der Waals surface area contributed by atoms with Crippen LogP contribution in [0.5, 0.6) is 0 Å². The van der Waals surface area contributed by atoms with Crippen molar-refractivity contribution in [3.63, 3.8) is 0 Å². The van der Waals surface area contributed by atoms with Crippen LogP contribution in [-0.4, -0.2) is 221 Å². The van der Waals surface area contributed by atoms with Crippen LogP contribution in [0.25, 0.3) is 0 Å². The molecule has 0 radical (unpaired) electrons. The summed E-state index contributed by atoms with van der Waals surface area (Å²) in [5.74, 6) is 1.40. The predicted molar refractivity (Wildman–Crippen MR) is 246 cm³/mol. The zero-order valence-corrected chi connectivity index (χ0v) is 42.3. The van der Waals surface area contributed by atoms with E-state index in [0.29, 0.717) is 60.9 Å². The summed E-state index contributed by atoms with van der Waals surface area (Å²) in [6.07, 6.45) is -2.01. The van der Waals surface area contributed by atoms with Crippen molar-refractivity contribution in [2.45, 2.75) is 62.8 Å². The van der Waals surface area contributed by atoms with Crippen LogP contribution in [0.4, 0.5) is 0 Å². The molecule has 0 amide bonds. The molecule has 372 valence electrons. The Morgan fingerprint density at radius 1 is 0.371 bits per heavy atom. The van der Waals surface area contributed by atoms with Crippen LogP contribution in [0.2, 0.25) is 0 Å². The van der Waals surface area contributed by atoms with Gasteiger partial charge in [-0.3, -0.25) is 22.8 Å². The maximum absolute atomic E-state index is 11.1. The summed E-state index contributed by atoms with van der Waals surface area (Å²) in [6.45, 7) is 0.874. The lowest BCUT2D eigenvalue weighted by atomic mass is 9.98. The standard InChI is InChI=1S/C31H62O21S10/c32-58(33,34)21-16-53-11-1-6-47-26-27-28(48-7-2-12-54-17-22-59(35,36)37)29(49-8-3-13-55-18-23-60(38,39)40)30(50-9-4-14-56-19-24-61(41,42)43)31(52-27)51-10-5-15-57-20-25-62(44,45)46/h27-31H,1-26H2,(H,32,33,34)(H,35,36,37)(H,38,39,40)(H,41,42,43)(H,44,45,46)/t27-,28-,29+,30-,31+/m1/s1. The van der Waals surface area contributed by atoms with Gasteiger partial charge in [0, 0.05) is 55.2 Å². The molecular formula is C31H62O21S10. The summed E-state index contributed by atoms with van der Waals surface area (Å²) in [5.41, 5.74) is 0. The number of rotatable bonds is 41. The van der Waals surface area contributed by atoms with Gasteiger partial charge in [0.05, 0.1) is 42.0 Å². The largest absolute Gasteiger partial charge is 0.379 e. The highest BCUT2D eigenvalue weighted by Crippen LogP contribution is 2.30. The van der Waals surface area contributed by atoms with Gasteiger partial charge in [0.2, 0.25) is 0 Å². The van der Waals surface area contributed by atoms with E-state index in [1.54, 1.807) is 0 Å². The molecule has 0 aromatic carbocycles. The van der Waals surface area contributed by atoms with E-state index >= 15 is 0 Å². The van der Waals surface area contributed by atoms with Crippen LogP contribution in [0.1, 0.15) is 32.1 Å². The second-order valence-electron chi connectivity index (χ2n) is 13.3. The van der Waals surface area contributed by atoms with Crippen molar-refractivity contribution in [2.75, 3.05) is 126 Å². The van der Waals surface area contributed by atoms with Crippen molar-refractivity contribution >= 4 is 109 Å². The topological polar surface area (TPSA) is 327 Å². The fourth-order valence-electron chi connectivity index (χ4n) is 5.01. The first kappa shape index (κ1) is 61.1. The molecule has 0 bridgehead atoms. The summed E-state index contributed by atoms with van der Waals surface area (Å²) in [5, 5.41) is 0. The fourth-order valence-corrected chi connectivity index (χ4v) is 14.2. The third-order valence-corrected chi connectivity index (χ3v) is 18.1. The van der Waals surface area contributed by atoms with Gasteiger partial charge >= 0.3 is 0 Å². The molecule has 1 heterocycles. The molecule has 1 fully saturated rings. The minimum absolute atomic E-state index is 0.00270. The van der Waals surface area contributed by atoms with Gasteiger partial charge in [-0.1, -0.05) is 0 Å². The Hall–Kier alpha value is 1.06. The van der Waals surface area contributed by atoms with Gasteiger partial charge in [-0.25, -0.2) is 0 Å². The average Bonchev–Trinajstić information content (AvgIpc) is 3.13. The van der Waals surface area contributed by atoms with E-state index < -0.39 is 104 Å². The monoisotopic (exact) mass is 1090 g/mol. The minimum Gasteiger partial charge on any atom is -0.379 e. The van der Waals surface area contributed by atoms with Crippen LogP contribution < -0.4 is 0 Å². The summed E-state index contributed by atoms with van der Waals surface area (Å²) in [6, 6.07) is 0. The second-order valence-corrected chi connectivity index (χ2v) is 27.2. The van der Waals surface area contributed by atoms with E-state index in [1.165, 1.54) is 58.8 Å². The van der Waals surface area contributed by atoms with Crippen molar-refractivity contribution < 1.29 is 93.3 Å². The van der Waals surface area contributed by atoms with Crippen molar-refractivity contribution in [3.8, 4) is 0 Å². The van der Waals surface area contributed by atoms with E-state index in [1.807, 2.05) is 0 Å². The van der Waals surface area contributed by atoms with E-state index in [4.69, 9.17) is 51.2 Å². The maximum atomic E-state index is 11.1. The average molecular weight is 1090 g/mol. The van der Waals surface area contributed by atoms with Gasteiger partial charge in [-0.15, -0.1) is 0 Å². The van der Waals surface area contributed by atoms with Crippen LogP contribution in [0.15, 0.2) is 0 Å². The van der Waals surface area contributed by atoms with E-state index in [9.17, 15) is 42.1 Å². The van der Waals surface area contributed by atoms with Gasteiger partial charge < -0.3 is 28.4 Å². The Bertz CT molecular complexity index is 1740. The normalized spacial score (nSPS) is 20.5. The lowest BCUT2D eigenvalue weighted by Crippen LogP contribution is -2.62. The third-order valence-electron chi connectivity index (χ3n) is 7.82. The van der Waals surface area contributed by atoms with Crippen molar-refractivity contribution in [2.24, 2.45) is 0 Å². The second kappa shape index (κ2) is 33.5. The zero-order valence-electron chi connectivity index (χ0n) is 34.1. The van der Waals surface area contributed by atoms with Crippen molar-refractivity contribution in [1.82, 2.24) is 0 Å². The number of hydrogen-bond donors (Lipinski definition) is 5. The lowest BCUT2D eigenvalue weighted by molar-refractivity contribution is -0.323. The molecule has 1 aliphatic rings. The molecule has 0 saturated carbocycles. The van der Waals surface area contributed by atoms with E-state index in [-0.39, 0.29) is 74.2 Å². The number of ether oxygens (including phenoxy) is 6. The number of hydrogen-bond acceptors (Lipinski definition) is 21. The molecule has 0 spiro atoms. The molecule has 5 atom stereocenters. The Labute approximate surface area is 388 Å².